The van der Waals surface area contributed by atoms with Crippen molar-refractivity contribution in [3.8, 4) is 11.5 Å². The summed E-state index contributed by atoms with van der Waals surface area (Å²) >= 11 is 0. The van der Waals surface area contributed by atoms with Crippen molar-refractivity contribution >= 4 is 27.4 Å². The summed E-state index contributed by atoms with van der Waals surface area (Å²) in [5.74, 6) is -1.28. The number of rotatable bonds is 30. The van der Waals surface area contributed by atoms with Crippen LogP contribution in [0.1, 0.15) is 66.5 Å². The molecule has 6 saturated heterocycles. The Bertz CT molecular complexity index is 5500. The first-order chi connectivity index (χ1) is 57.9. The van der Waals surface area contributed by atoms with E-state index in [1.165, 1.54) is 58.5 Å². The number of carbonyl (C=O) groups is 2. The molecule has 6 aliphatic heterocycles. The van der Waals surface area contributed by atoms with Gasteiger partial charge < -0.3 is 96.5 Å². The Morgan fingerprint density at radius 2 is 0.770 bits per heavy atom. The van der Waals surface area contributed by atoms with Crippen LogP contribution in [0.5, 0.6) is 11.5 Å². The number of nitrogens with zero attached hydrogens (tertiary/aromatic N) is 16. The van der Waals surface area contributed by atoms with Gasteiger partial charge in [-0.15, -0.1) is 0 Å². The first kappa shape index (κ1) is 94.5. The SMILES string of the molecule is CC(C)OC(=O)[C@H](C)NP(=O)(OC[C@@]1(N=[N+]=[N-])O[C@@H](n2ccc(=O)[nH]c2=O)[C@H](O)[C@@H]1O)Oc1ccccc1.COC1O[C@H]2[C@H](n3ccc(=O)[nH]c3=O)O[C@@](CO)(N=[N+]=[N-])[C@H]2O1.COC1O[C@H]2[C@H](n3ccc(=O)[nH]c3=O)O[C@@](COP(=O)(N[C@@H](C)C(=O)OC(C)C)Oc3ccccc3)(N=[N+]=[N-])[C@H]2O1.[N-]=[N+]=N[C@]1(CO)O[C@@H](n2ccc(=O)[nH]c2=O)[C@H](O)[C@@H]1O. The molecule has 6 aliphatic rings. The Morgan fingerprint density at radius 1 is 0.467 bits per heavy atom. The molecule has 4 unspecified atom stereocenters. The lowest BCUT2D eigenvalue weighted by Gasteiger charge is -2.31. The molecule has 0 aliphatic carbocycles. The lowest BCUT2D eigenvalue weighted by molar-refractivity contribution is -0.270. The fourth-order valence-corrected chi connectivity index (χ4v) is 15.1. The van der Waals surface area contributed by atoms with Crippen molar-refractivity contribution < 1.29 is 124 Å². The summed E-state index contributed by atoms with van der Waals surface area (Å²) < 4.78 is 119. The lowest BCUT2D eigenvalue weighted by atomic mass is 10.1. The highest BCUT2D eigenvalue weighted by Crippen LogP contribution is 2.53. The molecule has 56 nitrogen and oxygen atoms in total. The molecule has 0 spiro atoms. The highest BCUT2D eigenvalue weighted by atomic mass is 31.2. The van der Waals surface area contributed by atoms with Gasteiger partial charge in [0.2, 0.25) is 22.9 Å². The molecule has 0 saturated carbocycles. The largest absolute Gasteiger partial charge is 0.462 e. The van der Waals surface area contributed by atoms with Crippen LogP contribution in [0.25, 0.3) is 41.8 Å². The van der Waals surface area contributed by atoms with Gasteiger partial charge in [-0.3, -0.25) is 76.0 Å². The maximum Gasteiger partial charge on any atom is 0.459 e. The average molecular weight is 1760 g/mol. The minimum atomic E-state index is -4.49. The number of nitrogens with one attached hydrogen (secondary N) is 6. The molecule has 12 N–H and O–H groups in total. The number of ether oxygens (including phenoxy) is 12. The molecule has 6 fully saturated rings. The molecule has 12 rings (SSSR count). The number of aromatic amines is 4. The van der Waals surface area contributed by atoms with Crippen molar-refractivity contribution in [2.45, 2.75) is 175 Å². The first-order valence-electron chi connectivity index (χ1n) is 35.7. The second-order valence-electron chi connectivity index (χ2n) is 26.8. The van der Waals surface area contributed by atoms with Gasteiger partial charge in [0, 0.05) is 82.9 Å². The van der Waals surface area contributed by atoms with Crippen molar-refractivity contribution in [1.82, 2.24) is 48.4 Å². The number of hydrogen-bond acceptors (Lipinski definition) is 38. The van der Waals surface area contributed by atoms with Crippen LogP contribution in [0.3, 0.4) is 0 Å². The molecular formula is C64H80N22O34P2. The Hall–Kier alpha value is -11.4. The fraction of sp³-hybridized carbons (Fsp3) is 0.531. The van der Waals surface area contributed by atoms with Gasteiger partial charge in [0.25, 0.3) is 35.2 Å². The van der Waals surface area contributed by atoms with Crippen molar-refractivity contribution in [2.24, 2.45) is 20.5 Å². The van der Waals surface area contributed by atoms with E-state index in [0.717, 1.165) is 61.1 Å². The number of esters is 2. The number of methoxy groups -OCH3 is 2. The van der Waals surface area contributed by atoms with E-state index in [-0.39, 0.29) is 11.5 Å². The second kappa shape index (κ2) is 40.5. The molecule has 4 aromatic heterocycles. The predicted molar refractivity (Wildman–Crippen MR) is 401 cm³/mol. The number of aliphatic hydroxyl groups excluding tert-OH is 6. The van der Waals surface area contributed by atoms with E-state index in [9.17, 15) is 93.2 Å². The molecule has 660 valence electrons. The molecule has 22 atom stereocenters. The topological polar surface area (TPSA) is 776 Å². The third kappa shape index (κ3) is 21.7. The molecule has 0 amide bonds. The van der Waals surface area contributed by atoms with Crippen LogP contribution in [0.2, 0.25) is 0 Å². The number of azide groups is 4. The van der Waals surface area contributed by atoms with Gasteiger partial charge in [-0.25, -0.2) is 28.3 Å². The van der Waals surface area contributed by atoms with Gasteiger partial charge in [0.05, 0.1) is 38.6 Å². The maximum absolute atomic E-state index is 14.0. The third-order valence-corrected chi connectivity index (χ3v) is 20.9. The summed E-state index contributed by atoms with van der Waals surface area (Å²) in [5, 5.41) is 78.6. The van der Waals surface area contributed by atoms with Gasteiger partial charge in [-0.1, -0.05) is 56.9 Å². The normalized spacial score (nSPS) is 29.2. The Balaban J connectivity index is 0.000000192. The van der Waals surface area contributed by atoms with Gasteiger partial charge in [0.15, 0.2) is 24.9 Å². The summed E-state index contributed by atoms with van der Waals surface area (Å²) in [4.78, 5) is 137. The summed E-state index contributed by atoms with van der Waals surface area (Å²) in [6.45, 7) is 3.64. The second-order valence-corrected chi connectivity index (χ2v) is 30.2. The number of aliphatic hydroxyl groups is 6. The van der Waals surface area contributed by atoms with E-state index in [4.69, 9.17) is 91.5 Å². The molecule has 0 radical (unpaired) electrons. The molecule has 6 aromatic rings. The number of para-hydroxylation sites is 2. The Morgan fingerprint density at radius 3 is 1.11 bits per heavy atom. The zero-order valence-electron chi connectivity index (χ0n) is 64.8. The highest BCUT2D eigenvalue weighted by molar-refractivity contribution is 7.52. The van der Waals surface area contributed by atoms with Crippen molar-refractivity contribution in [3.63, 3.8) is 0 Å². The van der Waals surface area contributed by atoms with E-state index in [0.29, 0.717) is 0 Å². The van der Waals surface area contributed by atoms with Crippen LogP contribution in [-0.4, -0.2) is 230 Å². The molecule has 58 heteroatoms. The lowest BCUT2D eigenvalue weighted by Crippen LogP contribution is -2.46. The van der Waals surface area contributed by atoms with Gasteiger partial charge in [0.1, 0.15) is 72.4 Å². The molecule has 10 heterocycles. The number of benzene rings is 2. The Kier molecular flexibility index (Phi) is 31.4. The molecule has 122 heavy (non-hydrogen) atoms. The summed E-state index contributed by atoms with van der Waals surface area (Å²) in [5.41, 5.74) is 21.3. The van der Waals surface area contributed by atoms with Crippen LogP contribution in [0.15, 0.2) is 169 Å². The fourth-order valence-electron chi connectivity index (χ4n) is 12.1. The highest BCUT2D eigenvalue weighted by Gasteiger charge is 2.65. The molecule has 2 aromatic carbocycles. The van der Waals surface area contributed by atoms with Crippen molar-refractivity contribution in [1.29, 1.82) is 0 Å². The van der Waals surface area contributed by atoms with E-state index in [1.807, 2.05) is 9.97 Å². The van der Waals surface area contributed by atoms with Crippen LogP contribution in [0.4, 0.5) is 0 Å². The minimum absolute atomic E-state index is 0.0798. The van der Waals surface area contributed by atoms with Gasteiger partial charge >= 0.3 is 50.2 Å². The molecular weight excluding hydrogens is 1680 g/mol. The standard InChI is InChI=1S/C23H29N6O11P.C21H27N6O10P.C11H13N5O7.C9H11N5O6/c1-13(2)36-20(31)14(3)26-41(33,40-15-8-6-5-7-9-15)35-12-23(27-28-24)18-17(37-22(34-4)38-18)19(39-23)29-11-10-16(30)25-21(29)32;1-12(2)35-19(31)13(3)24-38(33,37-14-7-5-4-6-8-14)34-11-21(25-26-22)17(30)16(29)18(36-21)27-10-9-15(28)23-20(27)32;1-20-10-21-6-7(22-10)11(4-17,14-15-12)23-8(6)16-3-2-5(18)13-9(16)19;10-13-12-9(3-15)6(18)5(17)7(20-9)14-2-1-4(16)11-8(14)19/h5-11,13-14,17-19,22H,12H2,1-4H3,(H,26,33)(H,25,30,32);4-10,12-13,16-18,29-30H,11H2,1-3H3,(H,24,33)(H,23,28,32);2-3,6-8,10,17H,4H2,1H3,(H,13,18,19);1-2,5-7,15,17-18H,3H2,(H,11,16,19)/t14-,17+,18-,19+,22?,23+,41?;13-,16+,17-,18+,21+,38?;6-,7+,8-,10?,11-;5-,6+,7-,9-/m0011/s1. The zero-order chi connectivity index (χ0) is 89.4. The van der Waals surface area contributed by atoms with Crippen LogP contribution >= 0.6 is 15.5 Å². The zero-order valence-corrected chi connectivity index (χ0v) is 66.6. The van der Waals surface area contributed by atoms with E-state index < -0.39 is 233 Å². The first-order valence-corrected chi connectivity index (χ1v) is 38.8. The quantitative estimate of drug-likeness (QED) is 0.00882. The van der Waals surface area contributed by atoms with Crippen LogP contribution < -0.4 is 64.2 Å². The van der Waals surface area contributed by atoms with Gasteiger partial charge in [-0.2, -0.15) is 10.2 Å². The average Bonchev–Trinajstić information content (AvgIpc) is 1.58. The number of fused-ring (bicyclic) bond motifs is 2. The smallest absolute Gasteiger partial charge is 0.459 e. The number of aromatic nitrogens is 8. The summed E-state index contributed by atoms with van der Waals surface area (Å²) in [6.07, 6.45) is -13.4. The predicted octanol–water partition coefficient (Wildman–Crippen LogP) is -0.589. The van der Waals surface area contributed by atoms with E-state index >= 15 is 0 Å². The van der Waals surface area contributed by atoms with E-state index in [2.05, 4.69) is 60.2 Å². The summed E-state index contributed by atoms with van der Waals surface area (Å²) in [6, 6.07) is 17.6. The number of hydrogen-bond donors (Lipinski definition) is 12. The number of H-pyrrole nitrogens is 4. The van der Waals surface area contributed by atoms with Crippen molar-refractivity contribution in [3.05, 3.63) is 235 Å². The molecule has 0 bridgehead atoms. The third-order valence-electron chi connectivity index (χ3n) is 17.7. The Labute approximate surface area is 680 Å². The monoisotopic (exact) mass is 1760 g/mol. The van der Waals surface area contributed by atoms with Crippen LogP contribution in [-0.2, 0) is 84.6 Å². The van der Waals surface area contributed by atoms with Gasteiger partial charge in [-0.05, 0) is 87.9 Å². The number of carbonyl (C=O) groups excluding carboxylic acids is 2. The van der Waals surface area contributed by atoms with Crippen LogP contribution in [0, 0.1) is 0 Å². The van der Waals surface area contributed by atoms with Crippen molar-refractivity contribution in [2.75, 3.05) is 40.6 Å². The minimum Gasteiger partial charge on any atom is -0.462 e. The summed E-state index contributed by atoms with van der Waals surface area (Å²) in [7, 11) is -6.30. The maximum atomic E-state index is 14.0. The van der Waals surface area contributed by atoms with E-state index in [1.54, 1.807) is 64.1 Å².